The number of benzene rings is 1. The lowest BCUT2D eigenvalue weighted by atomic mass is 10.3. The van der Waals surface area contributed by atoms with Crippen molar-refractivity contribution in [3.05, 3.63) is 47.0 Å². The van der Waals surface area contributed by atoms with Gasteiger partial charge in [-0.1, -0.05) is 11.6 Å². The fourth-order valence-electron chi connectivity index (χ4n) is 1.48. The van der Waals surface area contributed by atoms with Crippen LogP contribution >= 0.6 is 11.6 Å². The van der Waals surface area contributed by atoms with Crippen LogP contribution in [-0.2, 0) is 11.3 Å². The van der Waals surface area contributed by atoms with E-state index in [0.717, 1.165) is 10.7 Å². The number of nitrogens with zero attached hydrogens (tertiary/aromatic N) is 2. The lowest BCUT2D eigenvalue weighted by Crippen LogP contribution is -2.15. The van der Waals surface area contributed by atoms with Gasteiger partial charge in [0.05, 0.1) is 5.02 Å². The Morgan fingerprint density at radius 3 is 2.80 bits per heavy atom. The highest BCUT2D eigenvalue weighted by atomic mass is 35.5. The van der Waals surface area contributed by atoms with Gasteiger partial charge >= 0.3 is 5.97 Å². The molecule has 8 heteroatoms. The number of carboxylic acid groups (broad SMARTS) is 1. The first-order valence-corrected chi connectivity index (χ1v) is 5.85. The largest absolute Gasteiger partial charge is 0.480 e. The number of carbonyl (C=O) groups is 2. The van der Waals surface area contributed by atoms with Crippen LogP contribution in [0.4, 0.5) is 10.1 Å². The number of halogens is 2. The quantitative estimate of drug-likeness (QED) is 0.904. The number of carbonyl (C=O) groups excluding carboxylic acids is 1. The Hall–Kier alpha value is -2.41. The Balaban J connectivity index is 2.09. The number of carboxylic acids is 1. The van der Waals surface area contributed by atoms with Crippen molar-refractivity contribution >= 4 is 29.2 Å². The summed E-state index contributed by atoms with van der Waals surface area (Å²) in [6.07, 6.45) is 1.38. The number of nitrogens with one attached hydrogen (secondary N) is 1. The van der Waals surface area contributed by atoms with Gasteiger partial charge in [-0.05, 0) is 24.3 Å². The van der Waals surface area contributed by atoms with Crippen LogP contribution in [-0.4, -0.2) is 26.8 Å². The summed E-state index contributed by atoms with van der Waals surface area (Å²) in [5.41, 5.74) is 0.362. The van der Waals surface area contributed by atoms with Crippen LogP contribution in [0.2, 0.25) is 5.02 Å². The molecule has 2 rings (SSSR count). The fourth-order valence-corrected chi connectivity index (χ4v) is 1.66. The lowest BCUT2D eigenvalue weighted by molar-refractivity contribution is -0.137. The third kappa shape index (κ3) is 3.33. The van der Waals surface area contributed by atoms with Gasteiger partial charge in [0.1, 0.15) is 12.4 Å². The van der Waals surface area contributed by atoms with Gasteiger partial charge in [0.25, 0.3) is 5.91 Å². The summed E-state index contributed by atoms with van der Waals surface area (Å²) in [5.74, 6) is -2.20. The predicted octanol–water partition coefficient (Wildman–Crippen LogP) is 2.01. The van der Waals surface area contributed by atoms with Gasteiger partial charge in [0.2, 0.25) is 0 Å². The zero-order valence-corrected chi connectivity index (χ0v) is 10.8. The second-order valence-corrected chi connectivity index (χ2v) is 4.28. The zero-order valence-electron chi connectivity index (χ0n) is 10.0. The van der Waals surface area contributed by atoms with Gasteiger partial charge < -0.3 is 10.4 Å². The van der Waals surface area contributed by atoms with Gasteiger partial charge in [0, 0.05) is 11.9 Å². The lowest BCUT2D eigenvalue weighted by Gasteiger charge is -2.04. The normalized spacial score (nSPS) is 10.3. The Bertz CT molecular complexity index is 672. The maximum absolute atomic E-state index is 13.0. The third-order valence-electron chi connectivity index (χ3n) is 2.35. The molecule has 104 valence electrons. The summed E-state index contributed by atoms with van der Waals surface area (Å²) in [7, 11) is 0. The van der Waals surface area contributed by atoms with E-state index < -0.39 is 17.7 Å². The van der Waals surface area contributed by atoms with Gasteiger partial charge in [0.15, 0.2) is 5.69 Å². The maximum atomic E-state index is 13.0. The average molecular weight is 298 g/mol. The molecule has 0 aliphatic rings. The van der Waals surface area contributed by atoms with Crippen molar-refractivity contribution in [3.8, 4) is 0 Å². The number of hydrogen-bond donors (Lipinski definition) is 2. The number of aliphatic carboxylic acids is 1. The van der Waals surface area contributed by atoms with Crippen molar-refractivity contribution in [1.82, 2.24) is 9.78 Å². The Morgan fingerprint density at radius 1 is 1.40 bits per heavy atom. The minimum atomic E-state index is -1.06. The number of aromatic nitrogens is 2. The van der Waals surface area contributed by atoms with Gasteiger partial charge in [-0.15, -0.1) is 0 Å². The highest BCUT2D eigenvalue weighted by molar-refractivity contribution is 6.31. The molecule has 2 N–H and O–H groups in total. The average Bonchev–Trinajstić information content (AvgIpc) is 2.81. The van der Waals surface area contributed by atoms with Crippen molar-refractivity contribution < 1.29 is 19.1 Å². The van der Waals surface area contributed by atoms with Crippen LogP contribution in [0, 0.1) is 5.82 Å². The summed E-state index contributed by atoms with van der Waals surface area (Å²) < 4.78 is 14.1. The highest BCUT2D eigenvalue weighted by Crippen LogP contribution is 2.19. The van der Waals surface area contributed by atoms with Crippen molar-refractivity contribution in [2.45, 2.75) is 6.54 Å². The smallest absolute Gasteiger partial charge is 0.325 e. The number of hydrogen-bond acceptors (Lipinski definition) is 3. The first-order valence-electron chi connectivity index (χ1n) is 5.47. The Morgan fingerprint density at radius 2 is 2.15 bits per heavy atom. The van der Waals surface area contributed by atoms with Crippen LogP contribution in [0.1, 0.15) is 10.5 Å². The number of rotatable bonds is 4. The third-order valence-corrected chi connectivity index (χ3v) is 2.64. The topological polar surface area (TPSA) is 84.2 Å². The minimum Gasteiger partial charge on any atom is -0.480 e. The molecule has 1 aromatic carbocycles. The van der Waals surface area contributed by atoms with Crippen LogP contribution in [0.5, 0.6) is 0 Å². The molecule has 2 aromatic rings. The summed E-state index contributed by atoms with van der Waals surface area (Å²) in [6, 6.07) is 5.13. The van der Waals surface area contributed by atoms with Crippen molar-refractivity contribution in [2.24, 2.45) is 0 Å². The van der Waals surface area contributed by atoms with E-state index in [4.69, 9.17) is 16.7 Å². The molecule has 0 bridgehead atoms. The molecule has 0 aliphatic heterocycles. The maximum Gasteiger partial charge on any atom is 0.325 e. The molecule has 20 heavy (non-hydrogen) atoms. The molecule has 0 unspecified atom stereocenters. The van der Waals surface area contributed by atoms with Crippen molar-refractivity contribution in [1.29, 1.82) is 0 Å². The first kappa shape index (κ1) is 14.0. The monoisotopic (exact) mass is 297 g/mol. The van der Waals surface area contributed by atoms with E-state index in [1.807, 2.05) is 0 Å². The van der Waals surface area contributed by atoms with E-state index >= 15 is 0 Å². The second-order valence-electron chi connectivity index (χ2n) is 3.88. The predicted molar refractivity (Wildman–Crippen MR) is 69.2 cm³/mol. The van der Waals surface area contributed by atoms with E-state index in [9.17, 15) is 14.0 Å². The van der Waals surface area contributed by atoms with Gasteiger partial charge in [-0.3, -0.25) is 14.3 Å². The minimum absolute atomic E-state index is 0.0479. The van der Waals surface area contributed by atoms with Crippen molar-refractivity contribution in [3.63, 3.8) is 0 Å². The number of anilines is 1. The summed E-state index contributed by atoms with van der Waals surface area (Å²) in [6.45, 7) is -0.338. The molecular weight excluding hydrogens is 289 g/mol. The Kier molecular flexibility index (Phi) is 3.99. The zero-order chi connectivity index (χ0) is 14.7. The summed E-state index contributed by atoms with van der Waals surface area (Å²) >= 11 is 5.59. The molecule has 0 aliphatic carbocycles. The second kappa shape index (κ2) is 5.70. The van der Waals surface area contributed by atoms with E-state index in [-0.39, 0.29) is 17.3 Å². The first-order chi connectivity index (χ1) is 9.45. The van der Waals surface area contributed by atoms with Gasteiger partial charge in [-0.25, -0.2) is 4.39 Å². The van der Waals surface area contributed by atoms with E-state index in [1.54, 1.807) is 0 Å². The van der Waals surface area contributed by atoms with Crippen LogP contribution in [0.3, 0.4) is 0 Å². The molecule has 1 aromatic heterocycles. The molecule has 0 radical (unpaired) electrons. The molecule has 0 spiro atoms. The number of amides is 1. The van der Waals surface area contributed by atoms with Crippen LogP contribution in [0.25, 0.3) is 0 Å². The summed E-state index contributed by atoms with van der Waals surface area (Å²) in [4.78, 5) is 22.3. The van der Waals surface area contributed by atoms with E-state index in [2.05, 4.69) is 10.4 Å². The molecule has 0 atom stereocenters. The van der Waals surface area contributed by atoms with E-state index in [0.29, 0.717) is 5.69 Å². The van der Waals surface area contributed by atoms with Crippen LogP contribution < -0.4 is 5.32 Å². The molecule has 1 amide bonds. The van der Waals surface area contributed by atoms with Crippen molar-refractivity contribution in [2.75, 3.05) is 5.32 Å². The molecule has 0 saturated heterocycles. The SMILES string of the molecule is O=C(O)Cn1ccc(C(=O)Nc2ccc(F)c(Cl)c2)n1. The molecule has 1 heterocycles. The Labute approximate surface area is 117 Å². The molecule has 0 saturated carbocycles. The molecule has 6 nitrogen and oxygen atoms in total. The standard InChI is InChI=1S/C12H9ClFN3O3/c13-8-5-7(1-2-9(8)14)15-12(20)10-3-4-17(16-10)6-11(18)19/h1-5H,6H2,(H,15,20)(H,18,19). The molecule has 0 fully saturated rings. The molecular formula is C12H9ClFN3O3. The summed E-state index contributed by atoms with van der Waals surface area (Å²) in [5, 5.41) is 14.8. The van der Waals surface area contributed by atoms with E-state index in [1.165, 1.54) is 24.4 Å². The fraction of sp³-hybridized carbons (Fsp3) is 0.0833. The van der Waals surface area contributed by atoms with Crippen LogP contribution in [0.15, 0.2) is 30.5 Å². The highest BCUT2D eigenvalue weighted by Gasteiger charge is 2.11. The van der Waals surface area contributed by atoms with Gasteiger partial charge in [-0.2, -0.15) is 5.10 Å².